The number of imide groups is 1. The largest absolute Gasteiger partial charge is 0.497 e. The minimum absolute atomic E-state index is 0.203. The van der Waals surface area contributed by atoms with E-state index in [4.69, 9.17) is 16.3 Å². The molecule has 3 rings (SSSR count). The van der Waals surface area contributed by atoms with Crippen LogP contribution in [-0.4, -0.2) is 61.3 Å². The van der Waals surface area contributed by atoms with Gasteiger partial charge in [-0.2, -0.15) is 0 Å². The van der Waals surface area contributed by atoms with Gasteiger partial charge in [0.1, 0.15) is 17.8 Å². The van der Waals surface area contributed by atoms with Crippen LogP contribution in [0.25, 0.3) is 0 Å². The summed E-state index contributed by atoms with van der Waals surface area (Å²) in [5.74, 6) is -0.854. The van der Waals surface area contributed by atoms with Crippen molar-refractivity contribution in [2.45, 2.75) is 12.5 Å². The molecule has 2 aromatic carbocycles. The van der Waals surface area contributed by atoms with Gasteiger partial charge in [-0.15, -0.1) is 0 Å². The van der Waals surface area contributed by atoms with Crippen LogP contribution in [-0.2, 0) is 15.1 Å². The number of anilines is 1. The van der Waals surface area contributed by atoms with E-state index >= 15 is 0 Å². The highest BCUT2D eigenvalue weighted by molar-refractivity contribution is 6.34. The average molecular weight is 459 g/mol. The Labute approximate surface area is 190 Å². The molecule has 1 unspecified atom stereocenters. The van der Waals surface area contributed by atoms with Crippen LogP contribution in [0, 0.1) is 0 Å². The van der Waals surface area contributed by atoms with Gasteiger partial charge < -0.3 is 20.3 Å². The fourth-order valence-corrected chi connectivity index (χ4v) is 3.47. The van der Waals surface area contributed by atoms with E-state index in [0.29, 0.717) is 16.9 Å². The molecule has 1 aliphatic heterocycles. The van der Waals surface area contributed by atoms with Gasteiger partial charge in [-0.3, -0.25) is 19.3 Å². The Morgan fingerprint density at radius 1 is 1.16 bits per heavy atom. The summed E-state index contributed by atoms with van der Waals surface area (Å²) in [5.41, 5.74) is -0.233. The van der Waals surface area contributed by atoms with Gasteiger partial charge in [0, 0.05) is 19.7 Å². The Morgan fingerprint density at radius 2 is 1.81 bits per heavy atom. The molecule has 0 aliphatic carbocycles. The lowest BCUT2D eigenvalue weighted by molar-refractivity contribution is -0.133. The van der Waals surface area contributed by atoms with E-state index in [1.54, 1.807) is 45.3 Å². The number of nitrogens with zero attached hydrogens (tertiary/aromatic N) is 2. The van der Waals surface area contributed by atoms with Crippen molar-refractivity contribution in [3.8, 4) is 5.75 Å². The average Bonchev–Trinajstić information content (AvgIpc) is 2.98. The Bertz CT molecular complexity index is 1090. The second kappa shape index (κ2) is 8.88. The fraction of sp³-hybridized carbons (Fsp3) is 0.273. The Hall–Kier alpha value is -3.59. The first kappa shape index (κ1) is 23.1. The van der Waals surface area contributed by atoms with Crippen LogP contribution in [0.5, 0.6) is 5.75 Å². The zero-order valence-corrected chi connectivity index (χ0v) is 18.8. The number of benzene rings is 2. The molecule has 1 saturated heterocycles. The first-order valence-electron chi connectivity index (χ1n) is 9.66. The summed E-state index contributed by atoms with van der Waals surface area (Å²) in [6.07, 6.45) is 0. The van der Waals surface area contributed by atoms with Crippen LogP contribution in [0.3, 0.4) is 0 Å². The summed E-state index contributed by atoms with van der Waals surface area (Å²) < 4.78 is 5.12. The van der Waals surface area contributed by atoms with Crippen molar-refractivity contribution in [1.82, 2.24) is 15.1 Å². The molecule has 1 heterocycles. The second-order valence-electron chi connectivity index (χ2n) is 7.62. The molecular weight excluding hydrogens is 436 g/mol. The fourth-order valence-electron chi connectivity index (χ4n) is 3.31. The highest BCUT2D eigenvalue weighted by atomic mass is 35.5. The number of hydrogen-bond donors (Lipinski definition) is 2. The Kier molecular flexibility index (Phi) is 6.40. The van der Waals surface area contributed by atoms with Crippen LogP contribution in [0.1, 0.15) is 22.8 Å². The molecule has 1 fully saturated rings. The summed E-state index contributed by atoms with van der Waals surface area (Å²) in [4.78, 5) is 52.5. The molecule has 32 heavy (non-hydrogen) atoms. The standard InChI is InChI=1S/C22H23ClN4O5/c1-22(14-6-8-15(32-4)9-7-14)20(30)27(21(31)25-22)12-18(28)24-17-11-13(5-10-16(17)23)19(29)26(2)3/h5-11H,12H2,1-4H3,(H,24,28)(H,25,31). The van der Waals surface area contributed by atoms with Crippen LogP contribution < -0.4 is 15.4 Å². The van der Waals surface area contributed by atoms with Gasteiger partial charge in [-0.05, 0) is 42.8 Å². The highest BCUT2D eigenvalue weighted by Gasteiger charge is 2.49. The van der Waals surface area contributed by atoms with Crippen LogP contribution in [0.15, 0.2) is 42.5 Å². The van der Waals surface area contributed by atoms with E-state index in [-0.39, 0.29) is 16.6 Å². The molecule has 1 atom stereocenters. The zero-order valence-electron chi connectivity index (χ0n) is 18.1. The number of hydrogen-bond acceptors (Lipinski definition) is 5. The molecule has 9 nitrogen and oxygen atoms in total. The molecule has 5 amide bonds. The van der Waals surface area contributed by atoms with E-state index < -0.39 is 29.9 Å². The van der Waals surface area contributed by atoms with E-state index in [2.05, 4.69) is 10.6 Å². The smallest absolute Gasteiger partial charge is 0.325 e. The summed E-state index contributed by atoms with van der Waals surface area (Å²) >= 11 is 6.14. The Balaban J connectivity index is 1.75. The van der Waals surface area contributed by atoms with Crippen LogP contribution in [0.2, 0.25) is 5.02 Å². The lowest BCUT2D eigenvalue weighted by atomic mass is 9.92. The minimum atomic E-state index is -1.32. The molecule has 10 heteroatoms. The number of carbonyl (C=O) groups excluding carboxylic acids is 4. The number of carbonyl (C=O) groups is 4. The monoisotopic (exact) mass is 458 g/mol. The summed E-state index contributed by atoms with van der Waals surface area (Å²) in [6, 6.07) is 10.5. The molecular formula is C22H23ClN4O5. The number of urea groups is 1. The lowest BCUT2D eigenvalue weighted by Gasteiger charge is -2.22. The maximum Gasteiger partial charge on any atom is 0.325 e. The molecule has 0 saturated carbocycles. The SMILES string of the molecule is COc1ccc(C2(C)NC(=O)N(CC(=O)Nc3cc(C(=O)N(C)C)ccc3Cl)C2=O)cc1. The molecule has 168 valence electrons. The predicted molar refractivity (Wildman–Crippen MR) is 119 cm³/mol. The number of halogens is 1. The van der Waals surface area contributed by atoms with E-state index in [9.17, 15) is 19.2 Å². The molecule has 2 N–H and O–H groups in total. The zero-order chi connectivity index (χ0) is 23.6. The van der Waals surface area contributed by atoms with Crippen LogP contribution >= 0.6 is 11.6 Å². The van der Waals surface area contributed by atoms with Crippen molar-refractivity contribution in [1.29, 1.82) is 0 Å². The lowest BCUT2D eigenvalue weighted by Crippen LogP contribution is -2.42. The molecule has 0 aromatic heterocycles. The number of amides is 5. The normalized spacial score (nSPS) is 17.7. The first-order valence-corrected chi connectivity index (χ1v) is 10.0. The van der Waals surface area contributed by atoms with Crippen molar-refractivity contribution in [3.05, 3.63) is 58.6 Å². The van der Waals surface area contributed by atoms with Crippen molar-refractivity contribution in [2.24, 2.45) is 0 Å². The molecule has 0 radical (unpaired) electrons. The van der Waals surface area contributed by atoms with E-state index in [1.165, 1.54) is 30.2 Å². The maximum absolute atomic E-state index is 13.0. The number of methoxy groups -OCH3 is 1. The predicted octanol–water partition coefficient (Wildman–Crippen LogP) is 2.46. The van der Waals surface area contributed by atoms with Gasteiger partial charge in [-0.25, -0.2) is 4.79 Å². The minimum Gasteiger partial charge on any atom is -0.497 e. The summed E-state index contributed by atoms with van der Waals surface area (Å²) in [6.45, 7) is 1.05. The molecule has 1 aliphatic rings. The maximum atomic E-state index is 13.0. The summed E-state index contributed by atoms with van der Waals surface area (Å²) in [7, 11) is 4.73. The van der Waals surface area contributed by atoms with Gasteiger partial charge in [0.25, 0.3) is 11.8 Å². The van der Waals surface area contributed by atoms with E-state index in [0.717, 1.165) is 4.90 Å². The number of rotatable bonds is 6. The number of ether oxygens (including phenoxy) is 1. The first-order chi connectivity index (χ1) is 15.1. The molecule has 0 spiro atoms. The topological polar surface area (TPSA) is 108 Å². The number of nitrogens with one attached hydrogen (secondary N) is 2. The van der Waals surface area contributed by atoms with Crippen molar-refractivity contribution < 1.29 is 23.9 Å². The quantitative estimate of drug-likeness (QED) is 0.646. The highest BCUT2D eigenvalue weighted by Crippen LogP contribution is 2.30. The molecule has 0 bridgehead atoms. The van der Waals surface area contributed by atoms with Crippen molar-refractivity contribution >= 4 is 41.0 Å². The van der Waals surface area contributed by atoms with Gasteiger partial charge in [0.15, 0.2) is 0 Å². The van der Waals surface area contributed by atoms with Crippen molar-refractivity contribution in [3.63, 3.8) is 0 Å². The van der Waals surface area contributed by atoms with Gasteiger partial charge in [0.2, 0.25) is 5.91 Å². The third kappa shape index (κ3) is 4.38. The third-order valence-corrected chi connectivity index (χ3v) is 5.47. The van der Waals surface area contributed by atoms with E-state index in [1.807, 2.05) is 0 Å². The van der Waals surface area contributed by atoms with Gasteiger partial charge in [-0.1, -0.05) is 23.7 Å². The third-order valence-electron chi connectivity index (χ3n) is 5.14. The van der Waals surface area contributed by atoms with Gasteiger partial charge >= 0.3 is 6.03 Å². The van der Waals surface area contributed by atoms with Crippen molar-refractivity contribution in [2.75, 3.05) is 33.1 Å². The Morgan fingerprint density at radius 3 is 2.41 bits per heavy atom. The second-order valence-corrected chi connectivity index (χ2v) is 8.02. The summed E-state index contributed by atoms with van der Waals surface area (Å²) in [5, 5.41) is 5.42. The molecule has 2 aromatic rings. The van der Waals surface area contributed by atoms with Gasteiger partial charge in [0.05, 0.1) is 17.8 Å². The van der Waals surface area contributed by atoms with Crippen LogP contribution in [0.4, 0.5) is 10.5 Å².